The predicted molar refractivity (Wildman–Crippen MR) is 335 cm³/mol. The van der Waals surface area contributed by atoms with Crippen LogP contribution in [-0.4, -0.2) is 26.4 Å². The number of hydrogen-bond acceptors (Lipinski definition) is 7. The first-order valence-corrected chi connectivity index (χ1v) is 33.7. The van der Waals surface area contributed by atoms with Crippen molar-refractivity contribution in [1.82, 2.24) is 0 Å². The van der Waals surface area contributed by atoms with Gasteiger partial charge in [-0.3, -0.25) is 4.31 Å². The summed E-state index contributed by atoms with van der Waals surface area (Å²) in [5.74, 6) is 17.2. The highest BCUT2D eigenvalue weighted by Gasteiger charge is 2.57. The van der Waals surface area contributed by atoms with Crippen LogP contribution in [0.2, 0.25) is 0 Å². The van der Waals surface area contributed by atoms with Crippen molar-refractivity contribution in [2.75, 3.05) is 10.6 Å². The summed E-state index contributed by atoms with van der Waals surface area (Å²) in [4.78, 5) is 0. The van der Waals surface area contributed by atoms with E-state index in [1.807, 2.05) is 11.9 Å². The van der Waals surface area contributed by atoms with Crippen LogP contribution in [0.3, 0.4) is 0 Å². The number of fused-ring (bicyclic) bond motifs is 12. The summed E-state index contributed by atoms with van der Waals surface area (Å²) in [5.41, 5.74) is 18.4. The molecule has 6 heterocycles. The van der Waals surface area contributed by atoms with E-state index in [2.05, 4.69) is 120 Å². The minimum absolute atomic E-state index is 0.0419. The van der Waals surface area contributed by atoms with Crippen LogP contribution in [0, 0.1) is 53.3 Å². The third-order valence-corrected chi connectivity index (χ3v) is 26.6. The average Bonchev–Trinajstić information content (AvgIpc) is 1.40. The topological polar surface area (TPSA) is 49.4 Å². The van der Waals surface area contributed by atoms with E-state index in [1.54, 1.807) is 0 Å². The Bertz CT molecular complexity index is 4050. The zero-order valence-electron chi connectivity index (χ0n) is 47.4. The number of benzene rings is 7. The molecular weight excluding hydrogens is 1040 g/mol. The molecule has 83 heavy (non-hydrogen) atoms. The minimum Gasteiger partial charge on any atom is -0.458 e. The fourth-order valence-electron chi connectivity index (χ4n) is 24.1. The summed E-state index contributed by atoms with van der Waals surface area (Å²) in [6.07, 6.45) is 26.8. The molecule has 12 fully saturated rings. The number of anilines is 2. The quantitative estimate of drug-likeness (QED) is 0.129. The number of rotatable bonds is 4. The van der Waals surface area contributed by atoms with Gasteiger partial charge in [-0.05, 0) is 300 Å². The molecule has 0 N–H and O–H groups in total. The van der Waals surface area contributed by atoms with Crippen LogP contribution in [-0.2, 0) is 16.2 Å². The lowest BCUT2D eigenvalue weighted by molar-refractivity contribution is -0.00542. The van der Waals surface area contributed by atoms with Gasteiger partial charge in [0.25, 0.3) is 20.1 Å². The summed E-state index contributed by atoms with van der Waals surface area (Å²) in [7, 11) is 0. The second-order valence-corrected chi connectivity index (χ2v) is 31.2. The van der Waals surface area contributed by atoms with E-state index in [0.29, 0.717) is 0 Å². The molecule has 6 aliphatic heterocycles. The van der Waals surface area contributed by atoms with Crippen LogP contribution in [0.25, 0.3) is 0 Å². The number of ether oxygens (including phenoxy) is 5. The lowest BCUT2D eigenvalue weighted by Crippen LogP contribution is -2.64. The molecule has 25 rings (SSSR count). The number of nitrogens with zero attached hydrogens (tertiary/aromatic N) is 1. The molecule has 12 bridgehead atoms. The third-order valence-electron chi connectivity index (χ3n) is 25.9. The summed E-state index contributed by atoms with van der Waals surface area (Å²) in [5, 5.41) is 0. The second-order valence-electron chi connectivity index (χ2n) is 30.5. The normalized spacial score (nSPS) is 33.7. The van der Waals surface area contributed by atoms with E-state index in [1.165, 1.54) is 193 Å². The fraction of sp³-hybridized carbons (Fsp3) is 0.425. The SMILES string of the molecule is CSN1c2cc3c(cc2B2c4cc5c(cc4Oc4cc(C67CC8CC(CC(C8)C6)C7)cc1c42)Oc1cc(C24CC6CC(CC(C6)C2)C4)cc2c1B5c1ccccc1O2)B1c2ccccc2Oc2cc(C45CC6CC(CC(C6)C4)C5)cc(c21)O3. The Labute approximate surface area is 492 Å². The lowest BCUT2D eigenvalue weighted by Gasteiger charge is -2.57. The van der Waals surface area contributed by atoms with Gasteiger partial charge in [-0.1, -0.05) is 48.5 Å². The first-order chi connectivity index (χ1) is 40.7. The monoisotopic (exact) mass is 1100 g/mol. The van der Waals surface area contributed by atoms with E-state index >= 15 is 0 Å². The smallest absolute Gasteiger partial charge is 0.260 e. The molecule has 0 saturated heterocycles. The van der Waals surface area contributed by atoms with Crippen LogP contribution in [0.5, 0.6) is 57.5 Å². The fourth-order valence-corrected chi connectivity index (χ4v) is 24.8. The van der Waals surface area contributed by atoms with E-state index in [4.69, 9.17) is 23.7 Å². The Morgan fingerprint density at radius 3 is 1.05 bits per heavy atom. The van der Waals surface area contributed by atoms with E-state index < -0.39 is 0 Å². The summed E-state index contributed by atoms with van der Waals surface area (Å²) < 4.78 is 39.4. The molecule has 12 saturated carbocycles. The molecular formula is C73H66B3NO5S. The van der Waals surface area contributed by atoms with Gasteiger partial charge >= 0.3 is 0 Å². The van der Waals surface area contributed by atoms with Gasteiger partial charge in [0.1, 0.15) is 57.5 Å². The Kier molecular flexibility index (Phi) is 8.71. The van der Waals surface area contributed by atoms with Crippen molar-refractivity contribution in [3.05, 3.63) is 126 Å². The molecule has 0 radical (unpaired) electrons. The van der Waals surface area contributed by atoms with Crippen molar-refractivity contribution >= 4 is 92.6 Å². The summed E-state index contributed by atoms with van der Waals surface area (Å²) >= 11 is 1.83. The molecule has 6 nitrogen and oxygen atoms in total. The molecule has 0 aromatic heterocycles. The average molecular weight is 1100 g/mol. The first-order valence-electron chi connectivity index (χ1n) is 32.6. The molecule has 0 amide bonds. The van der Waals surface area contributed by atoms with Crippen LogP contribution in [0.1, 0.15) is 132 Å². The second kappa shape index (κ2) is 15.7. The van der Waals surface area contributed by atoms with Crippen molar-refractivity contribution in [3.63, 3.8) is 0 Å². The summed E-state index contributed by atoms with van der Waals surface area (Å²) in [6.45, 7) is -0.199. The standard InChI is InChI=1S/C73H66B3NO5S/c1-83-77-56-27-60-53(74-50-6-2-4-8-58(50)78-64-21-48(23-66(80-60)69(64)74)72-32-41-13-42(33-72)15-43(14-41)34-72)25-52(56)76-55-26-54-61(28-62(55)81-63-20-47(19-57(77)68(63)76)71-29-38-10-39(30-71)12-40(11-38)31-71)82-67-24-49(73-35-44-16-45(36-73)18-46(17-44)37-73)22-65-70(67)75(54)51-7-3-5-9-59(51)79-65/h2-9,19-28,38-46H,10-18,29-37H2,1H3. The van der Waals surface area contributed by atoms with E-state index in [0.717, 1.165) is 111 Å². The van der Waals surface area contributed by atoms with Crippen LogP contribution in [0.4, 0.5) is 11.4 Å². The Morgan fingerprint density at radius 1 is 0.325 bits per heavy atom. The van der Waals surface area contributed by atoms with Gasteiger partial charge in [0.2, 0.25) is 0 Å². The molecule has 0 unspecified atom stereocenters. The van der Waals surface area contributed by atoms with Gasteiger partial charge in [-0.15, -0.1) is 0 Å². The van der Waals surface area contributed by atoms with Crippen molar-refractivity contribution < 1.29 is 23.7 Å². The molecule has 7 aromatic carbocycles. The lowest BCUT2D eigenvalue weighted by atomic mass is 9.30. The highest BCUT2D eigenvalue weighted by Crippen LogP contribution is 2.65. The van der Waals surface area contributed by atoms with Crippen molar-refractivity contribution in [2.24, 2.45) is 53.3 Å². The van der Waals surface area contributed by atoms with Gasteiger partial charge < -0.3 is 23.7 Å². The maximum Gasteiger partial charge on any atom is 0.260 e. The molecule has 0 spiro atoms. The minimum atomic E-state index is -0.105. The zero-order valence-corrected chi connectivity index (χ0v) is 48.3. The van der Waals surface area contributed by atoms with Crippen LogP contribution in [0.15, 0.2) is 109 Å². The van der Waals surface area contributed by atoms with E-state index in [-0.39, 0.29) is 36.4 Å². The molecule has 12 aliphatic carbocycles. The largest absolute Gasteiger partial charge is 0.458 e. The Hall–Kier alpha value is -6.12. The van der Waals surface area contributed by atoms with Gasteiger partial charge in [0.15, 0.2) is 0 Å². The van der Waals surface area contributed by atoms with Gasteiger partial charge in [-0.2, -0.15) is 0 Å². The van der Waals surface area contributed by atoms with Gasteiger partial charge in [-0.25, -0.2) is 0 Å². The molecule has 408 valence electrons. The predicted octanol–water partition coefficient (Wildman–Crippen LogP) is 11.9. The number of para-hydroxylation sites is 2. The molecule has 10 heteroatoms. The van der Waals surface area contributed by atoms with Gasteiger partial charge in [0, 0.05) is 29.3 Å². The van der Waals surface area contributed by atoms with Gasteiger partial charge in [0.05, 0.1) is 11.4 Å². The highest BCUT2D eigenvalue weighted by atomic mass is 32.2. The summed E-state index contributed by atoms with van der Waals surface area (Å²) in [6, 6.07) is 42.6. The molecule has 18 aliphatic rings. The first kappa shape index (κ1) is 46.2. The highest BCUT2D eigenvalue weighted by molar-refractivity contribution is 8.00. The molecule has 7 aromatic rings. The van der Waals surface area contributed by atoms with Crippen molar-refractivity contribution in [2.45, 2.75) is 132 Å². The Balaban J connectivity index is 0.746. The van der Waals surface area contributed by atoms with Crippen molar-refractivity contribution in [3.8, 4) is 57.5 Å². The van der Waals surface area contributed by atoms with E-state index in [9.17, 15) is 0 Å². The Morgan fingerprint density at radius 2 is 0.651 bits per heavy atom. The zero-order chi connectivity index (χ0) is 53.6. The maximum atomic E-state index is 7.64. The maximum absolute atomic E-state index is 7.64. The third kappa shape index (κ3) is 6.09. The van der Waals surface area contributed by atoms with Crippen LogP contribution < -0.4 is 77.2 Å². The van der Waals surface area contributed by atoms with Crippen LogP contribution >= 0.6 is 11.9 Å². The number of hydrogen-bond donors (Lipinski definition) is 0. The van der Waals surface area contributed by atoms with Crippen molar-refractivity contribution in [1.29, 1.82) is 0 Å². The molecule has 0 atom stereocenters.